The zero-order chi connectivity index (χ0) is 10.4. The summed E-state index contributed by atoms with van der Waals surface area (Å²) < 4.78 is 15.6. The molecule has 0 saturated heterocycles. The molecule has 0 N–H and O–H groups in total. The number of benzene rings is 1. The molecule has 1 rings (SSSR count). The largest absolute Gasteiger partial charge is 0.497 e. The van der Waals surface area contributed by atoms with E-state index in [-0.39, 0.29) is 0 Å². The van der Waals surface area contributed by atoms with E-state index in [0.29, 0.717) is 18.1 Å². The second-order valence-electron chi connectivity index (χ2n) is 2.62. The van der Waals surface area contributed by atoms with Crippen molar-refractivity contribution in [2.45, 2.75) is 0 Å². The Hall–Kier alpha value is -1.64. The summed E-state index contributed by atoms with van der Waals surface area (Å²) in [6, 6.07) is 5.40. The van der Waals surface area contributed by atoms with E-state index in [4.69, 9.17) is 14.2 Å². The van der Waals surface area contributed by atoms with Crippen molar-refractivity contribution in [1.82, 2.24) is 0 Å². The second kappa shape index (κ2) is 5.17. The average Bonchev–Trinajstić information content (AvgIpc) is 2.25. The van der Waals surface area contributed by atoms with Gasteiger partial charge in [-0.2, -0.15) is 0 Å². The Balaban J connectivity index is 2.89. The lowest BCUT2D eigenvalue weighted by molar-refractivity contribution is 0.322. The van der Waals surface area contributed by atoms with Crippen LogP contribution in [0.4, 0.5) is 0 Å². The maximum absolute atomic E-state index is 5.40. The monoisotopic (exact) mass is 194 g/mol. The van der Waals surface area contributed by atoms with Crippen LogP contribution < -0.4 is 14.2 Å². The molecule has 3 heteroatoms. The highest BCUT2D eigenvalue weighted by Gasteiger charge is 2.04. The van der Waals surface area contributed by atoms with Crippen LogP contribution in [-0.2, 0) is 0 Å². The molecule has 0 fully saturated rings. The lowest BCUT2D eigenvalue weighted by atomic mass is 10.3. The minimum absolute atomic E-state index is 0.448. The maximum atomic E-state index is 5.40. The van der Waals surface area contributed by atoms with Gasteiger partial charge in [-0.25, -0.2) is 0 Å². The van der Waals surface area contributed by atoms with E-state index in [0.717, 1.165) is 5.75 Å². The number of hydrogen-bond donors (Lipinski definition) is 0. The molecule has 3 nitrogen and oxygen atoms in total. The first kappa shape index (κ1) is 10.4. The molecule has 0 bridgehead atoms. The van der Waals surface area contributed by atoms with Gasteiger partial charge in [-0.1, -0.05) is 12.7 Å². The number of rotatable bonds is 5. The SMILES string of the molecule is C=CCOc1cc(OC)ccc1OC. The molecule has 1 aromatic rings. The van der Waals surface area contributed by atoms with E-state index in [1.54, 1.807) is 32.4 Å². The van der Waals surface area contributed by atoms with Gasteiger partial charge in [0, 0.05) is 6.07 Å². The molecule has 0 aromatic heterocycles. The smallest absolute Gasteiger partial charge is 0.165 e. The normalized spacial score (nSPS) is 9.29. The van der Waals surface area contributed by atoms with Crippen molar-refractivity contribution in [3.8, 4) is 17.2 Å². The van der Waals surface area contributed by atoms with Gasteiger partial charge in [0.15, 0.2) is 11.5 Å². The molecule has 0 radical (unpaired) electrons. The Morgan fingerprint density at radius 2 is 2.00 bits per heavy atom. The zero-order valence-electron chi connectivity index (χ0n) is 8.45. The van der Waals surface area contributed by atoms with Crippen molar-refractivity contribution in [3.63, 3.8) is 0 Å². The highest BCUT2D eigenvalue weighted by Crippen LogP contribution is 2.30. The van der Waals surface area contributed by atoms with Gasteiger partial charge in [-0.15, -0.1) is 0 Å². The van der Waals surface area contributed by atoms with Crippen LogP contribution in [0.5, 0.6) is 17.2 Å². The van der Waals surface area contributed by atoms with Gasteiger partial charge in [-0.3, -0.25) is 0 Å². The van der Waals surface area contributed by atoms with Gasteiger partial charge in [0.25, 0.3) is 0 Å². The van der Waals surface area contributed by atoms with Crippen LogP contribution in [0.25, 0.3) is 0 Å². The summed E-state index contributed by atoms with van der Waals surface area (Å²) in [5, 5.41) is 0. The van der Waals surface area contributed by atoms with E-state index in [9.17, 15) is 0 Å². The maximum Gasteiger partial charge on any atom is 0.165 e. The van der Waals surface area contributed by atoms with Crippen molar-refractivity contribution in [1.29, 1.82) is 0 Å². The minimum atomic E-state index is 0.448. The molecule has 76 valence electrons. The first-order valence-corrected chi connectivity index (χ1v) is 4.27. The molecule has 0 saturated carbocycles. The summed E-state index contributed by atoms with van der Waals surface area (Å²) in [5.41, 5.74) is 0. The third-order valence-corrected chi connectivity index (χ3v) is 1.73. The summed E-state index contributed by atoms with van der Waals surface area (Å²) in [6.45, 7) is 4.02. The standard InChI is InChI=1S/C11H14O3/c1-4-7-14-11-8-9(12-2)5-6-10(11)13-3/h4-6,8H,1,7H2,2-3H3. The van der Waals surface area contributed by atoms with Gasteiger partial charge < -0.3 is 14.2 Å². The number of hydrogen-bond acceptors (Lipinski definition) is 3. The summed E-state index contributed by atoms with van der Waals surface area (Å²) in [6.07, 6.45) is 1.68. The van der Waals surface area contributed by atoms with E-state index in [1.165, 1.54) is 0 Å². The van der Waals surface area contributed by atoms with E-state index in [1.807, 2.05) is 6.07 Å². The fourth-order valence-corrected chi connectivity index (χ4v) is 1.05. The van der Waals surface area contributed by atoms with Crippen LogP contribution in [0.2, 0.25) is 0 Å². The predicted molar refractivity (Wildman–Crippen MR) is 55.2 cm³/mol. The molecule has 0 aliphatic rings. The molecular weight excluding hydrogens is 180 g/mol. The summed E-state index contributed by atoms with van der Waals surface area (Å²) in [7, 11) is 3.21. The van der Waals surface area contributed by atoms with Crippen LogP contribution in [-0.4, -0.2) is 20.8 Å². The quantitative estimate of drug-likeness (QED) is 0.673. The zero-order valence-corrected chi connectivity index (χ0v) is 8.45. The summed E-state index contributed by atoms with van der Waals surface area (Å²) in [4.78, 5) is 0. The predicted octanol–water partition coefficient (Wildman–Crippen LogP) is 2.27. The Kier molecular flexibility index (Phi) is 3.85. The molecule has 0 aliphatic heterocycles. The fraction of sp³-hybridized carbons (Fsp3) is 0.273. The third kappa shape index (κ3) is 2.42. The van der Waals surface area contributed by atoms with Gasteiger partial charge in [0.05, 0.1) is 14.2 Å². The van der Waals surface area contributed by atoms with Crippen LogP contribution in [0, 0.1) is 0 Å². The van der Waals surface area contributed by atoms with E-state index < -0.39 is 0 Å². The highest BCUT2D eigenvalue weighted by atomic mass is 16.5. The summed E-state index contributed by atoms with van der Waals surface area (Å²) in [5.74, 6) is 2.09. The van der Waals surface area contributed by atoms with Gasteiger partial charge in [0.1, 0.15) is 12.4 Å². The van der Waals surface area contributed by atoms with Crippen molar-refractivity contribution in [2.75, 3.05) is 20.8 Å². The van der Waals surface area contributed by atoms with Gasteiger partial charge >= 0.3 is 0 Å². The Morgan fingerprint density at radius 1 is 1.21 bits per heavy atom. The van der Waals surface area contributed by atoms with Gasteiger partial charge in [-0.05, 0) is 12.1 Å². The van der Waals surface area contributed by atoms with E-state index in [2.05, 4.69) is 6.58 Å². The first-order valence-electron chi connectivity index (χ1n) is 4.27. The molecule has 0 unspecified atom stereocenters. The highest BCUT2D eigenvalue weighted by molar-refractivity contribution is 5.45. The first-order chi connectivity index (χ1) is 6.81. The molecular formula is C11H14O3. The molecule has 0 atom stereocenters. The van der Waals surface area contributed by atoms with Crippen molar-refractivity contribution in [3.05, 3.63) is 30.9 Å². The van der Waals surface area contributed by atoms with Crippen LogP contribution in [0.15, 0.2) is 30.9 Å². The lowest BCUT2D eigenvalue weighted by Gasteiger charge is -2.10. The van der Waals surface area contributed by atoms with Crippen LogP contribution in [0.3, 0.4) is 0 Å². The molecule has 0 amide bonds. The summed E-state index contributed by atoms with van der Waals surface area (Å²) >= 11 is 0. The van der Waals surface area contributed by atoms with Gasteiger partial charge in [0.2, 0.25) is 0 Å². The average molecular weight is 194 g/mol. The second-order valence-corrected chi connectivity index (χ2v) is 2.62. The third-order valence-electron chi connectivity index (χ3n) is 1.73. The van der Waals surface area contributed by atoms with Crippen LogP contribution in [0.1, 0.15) is 0 Å². The van der Waals surface area contributed by atoms with Crippen LogP contribution >= 0.6 is 0 Å². The molecule has 1 aromatic carbocycles. The van der Waals surface area contributed by atoms with E-state index >= 15 is 0 Å². The Labute approximate surface area is 83.9 Å². The fourth-order valence-electron chi connectivity index (χ4n) is 1.05. The van der Waals surface area contributed by atoms with Crippen molar-refractivity contribution in [2.24, 2.45) is 0 Å². The molecule has 0 aliphatic carbocycles. The van der Waals surface area contributed by atoms with Crippen molar-refractivity contribution < 1.29 is 14.2 Å². The number of methoxy groups -OCH3 is 2. The lowest BCUT2D eigenvalue weighted by Crippen LogP contribution is -1.96. The molecule has 14 heavy (non-hydrogen) atoms. The topological polar surface area (TPSA) is 27.7 Å². The Morgan fingerprint density at radius 3 is 2.57 bits per heavy atom. The molecule has 0 heterocycles. The van der Waals surface area contributed by atoms with Crippen molar-refractivity contribution >= 4 is 0 Å². The minimum Gasteiger partial charge on any atom is -0.497 e. The molecule has 0 spiro atoms. The number of ether oxygens (including phenoxy) is 3. The Bertz CT molecular complexity index is 307.